The highest BCUT2D eigenvalue weighted by atomic mass is 32.2. The number of aliphatic hydroxyl groups is 2. The molecule has 0 atom stereocenters. The van der Waals surface area contributed by atoms with Crippen LogP contribution in [0, 0.1) is 5.41 Å². The minimum atomic E-state index is -3.87. The van der Waals surface area contributed by atoms with Gasteiger partial charge in [0.25, 0.3) is 10.0 Å². The van der Waals surface area contributed by atoms with E-state index in [1.54, 1.807) is 18.2 Å². The predicted molar refractivity (Wildman–Crippen MR) is 126 cm³/mol. The SMILES string of the molecule is CN(C)c1cccc2c(S(=O)(=O)Nc3ccc(NC(=O)C(C)(CO)CO)cc3)cccc12. The Kier molecular flexibility index (Phi) is 6.73. The second kappa shape index (κ2) is 9.15. The summed E-state index contributed by atoms with van der Waals surface area (Å²) in [5.41, 5.74) is 0.333. The highest BCUT2D eigenvalue weighted by Crippen LogP contribution is 2.31. The van der Waals surface area contributed by atoms with E-state index < -0.39 is 34.6 Å². The summed E-state index contributed by atoms with van der Waals surface area (Å²) >= 11 is 0. The topological polar surface area (TPSA) is 119 Å². The fourth-order valence-electron chi connectivity index (χ4n) is 3.20. The van der Waals surface area contributed by atoms with Crippen molar-refractivity contribution in [1.82, 2.24) is 0 Å². The normalized spacial score (nSPS) is 11.9. The van der Waals surface area contributed by atoms with Gasteiger partial charge in [-0.2, -0.15) is 0 Å². The predicted octanol–water partition coefficient (Wildman–Crippen LogP) is 2.64. The van der Waals surface area contributed by atoms with Crippen molar-refractivity contribution < 1.29 is 23.4 Å². The molecule has 0 fully saturated rings. The number of carbonyl (C=O) groups excluding carboxylic acids is 1. The number of carbonyl (C=O) groups is 1. The highest BCUT2D eigenvalue weighted by Gasteiger charge is 2.31. The van der Waals surface area contributed by atoms with E-state index in [4.69, 9.17) is 0 Å². The van der Waals surface area contributed by atoms with Crippen molar-refractivity contribution in [3.63, 3.8) is 0 Å². The maximum absolute atomic E-state index is 13.1. The number of fused-ring (bicyclic) bond motifs is 1. The number of anilines is 3. The number of aliphatic hydroxyl groups excluding tert-OH is 2. The Morgan fingerprint density at radius 1 is 0.906 bits per heavy atom. The summed E-state index contributed by atoms with van der Waals surface area (Å²) in [5, 5.41) is 22.7. The minimum absolute atomic E-state index is 0.165. The molecule has 3 aromatic carbocycles. The van der Waals surface area contributed by atoms with Gasteiger partial charge in [-0.1, -0.05) is 24.3 Å². The van der Waals surface area contributed by atoms with Gasteiger partial charge >= 0.3 is 0 Å². The molecule has 4 N–H and O–H groups in total. The first kappa shape index (κ1) is 23.5. The van der Waals surface area contributed by atoms with Gasteiger partial charge in [-0.3, -0.25) is 9.52 Å². The van der Waals surface area contributed by atoms with Crippen molar-refractivity contribution >= 4 is 43.8 Å². The van der Waals surface area contributed by atoms with E-state index in [9.17, 15) is 23.4 Å². The van der Waals surface area contributed by atoms with Crippen molar-refractivity contribution in [2.24, 2.45) is 5.41 Å². The van der Waals surface area contributed by atoms with E-state index in [1.807, 2.05) is 37.2 Å². The van der Waals surface area contributed by atoms with Crippen molar-refractivity contribution in [3.05, 3.63) is 60.7 Å². The number of nitrogens with zero attached hydrogens (tertiary/aromatic N) is 1. The maximum Gasteiger partial charge on any atom is 0.262 e. The molecular weight excluding hydrogens is 430 g/mol. The first-order chi connectivity index (χ1) is 15.1. The third-order valence-electron chi connectivity index (χ3n) is 5.27. The molecule has 0 aliphatic rings. The lowest BCUT2D eigenvalue weighted by Crippen LogP contribution is -2.39. The van der Waals surface area contributed by atoms with Crippen molar-refractivity contribution in [2.45, 2.75) is 11.8 Å². The Hall–Kier alpha value is -3.14. The summed E-state index contributed by atoms with van der Waals surface area (Å²) in [4.78, 5) is 14.3. The Morgan fingerprint density at radius 2 is 1.47 bits per heavy atom. The van der Waals surface area contributed by atoms with Gasteiger partial charge in [0.05, 0.1) is 23.5 Å². The molecule has 3 aromatic rings. The summed E-state index contributed by atoms with van der Waals surface area (Å²) in [5.74, 6) is -0.539. The van der Waals surface area contributed by atoms with Crippen molar-refractivity contribution in [3.8, 4) is 0 Å². The van der Waals surface area contributed by atoms with Crippen LogP contribution >= 0.6 is 0 Å². The van der Waals surface area contributed by atoms with Crippen LogP contribution < -0.4 is 14.9 Å². The van der Waals surface area contributed by atoms with Crippen molar-refractivity contribution in [2.75, 3.05) is 42.2 Å². The van der Waals surface area contributed by atoms with Crippen LogP contribution in [0.3, 0.4) is 0 Å². The van der Waals surface area contributed by atoms with E-state index in [0.29, 0.717) is 16.8 Å². The summed E-state index contributed by atoms with van der Waals surface area (Å²) in [6, 6.07) is 16.8. The number of nitrogens with one attached hydrogen (secondary N) is 2. The third-order valence-corrected chi connectivity index (χ3v) is 6.71. The van der Waals surface area contributed by atoms with Crippen LogP contribution in [-0.4, -0.2) is 51.8 Å². The van der Waals surface area contributed by atoms with E-state index in [-0.39, 0.29) is 4.90 Å². The average molecular weight is 458 g/mol. The molecule has 0 saturated carbocycles. The fourth-order valence-corrected chi connectivity index (χ4v) is 4.48. The first-order valence-corrected chi connectivity index (χ1v) is 11.4. The largest absolute Gasteiger partial charge is 0.395 e. The monoisotopic (exact) mass is 457 g/mol. The second-order valence-corrected chi connectivity index (χ2v) is 9.69. The smallest absolute Gasteiger partial charge is 0.262 e. The molecular formula is C23H27N3O5S. The molecule has 1 amide bonds. The van der Waals surface area contributed by atoms with E-state index in [0.717, 1.165) is 11.1 Å². The molecule has 0 heterocycles. The van der Waals surface area contributed by atoms with Crippen LogP contribution in [0.15, 0.2) is 65.6 Å². The van der Waals surface area contributed by atoms with Crippen LogP contribution in [0.5, 0.6) is 0 Å². The molecule has 0 unspecified atom stereocenters. The van der Waals surface area contributed by atoms with Crippen LogP contribution in [0.1, 0.15) is 6.92 Å². The average Bonchev–Trinajstić information content (AvgIpc) is 2.78. The zero-order valence-corrected chi connectivity index (χ0v) is 19.0. The van der Waals surface area contributed by atoms with Gasteiger partial charge in [-0.15, -0.1) is 0 Å². The summed E-state index contributed by atoms with van der Waals surface area (Å²) in [6.07, 6.45) is 0. The second-order valence-electron chi connectivity index (χ2n) is 8.04. The Labute approximate surface area is 187 Å². The summed E-state index contributed by atoms with van der Waals surface area (Å²) in [7, 11) is -0.0694. The number of hydrogen-bond donors (Lipinski definition) is 4. The number of sulfonamides is 1. The third kappa shape index (κ3) is 4.69. The zero-order chi connectivity index (χ0) is 23.5. The van der Waals surface area contributed by atoms with Gasteiger partial charge in [0, 0.05) is 41.9 Å². The van der Waals surface area contributed by atoms with Gasteiger partial charge in [-0.25, -0.2) is 8.42 Å². The quantitative estimate of drug-likeness (QED) is 0.413. The number of benzene rings is 3. The van der Waals surface area contributed by atoms with Gasteiger partial charge in [-0.05, 0) is 43.3 Å². The van der Waals surface area contributed by atoms with Crippen molar-refractivity contribution in [1.29, 1.82) is 0 Å². The summed E-state index contributed by atoms with van der Waals surface area (Å²) in [6.45, 7) is 0.429. The number of rotatable bonds is 8. The lowest BCUT2D eigenvalue weighted by molar-refractivity contribution is -0.129. The molecule has 0 aliphatic carbocycles. The molecule has 9 heteroatoms. The van der Waals surface area contributed by atoms with Gasteiger partial charge in [0.2, 0.25) is 5.91 Å². The van der Waals surface area contributed by atoms with Crippen LogP contribution in [0.25, 0.3) is 10.8 Å². The number of hydrogen-bond acceptors (Lipinski definition) is 6. The molecule has 170 valence electrons. The summed E-state index contributed by atoms with van der Waals surface area (Å²) < 4.78 is 28.8. The Bertz CT molecular complexity index is 1220. The Morgan fingerprint density at radius 3 is 2.06 bits per heavy atom. The highest BCUT2D eigenvalue weighted by molar-refractivity contribution is 7.93. The van der Waals surface area contributed by atoms with Crippen LogP contribution in [-0.2, 0) is 14.8 Å². The molecule has 0 aliphatic heterocycles. The molecule has 32 heavy (non-hydrogen) atoms. The number of amides is 1. The molecule has 0 radical (unpaired) electrons. The van der Waals surface area contributed by atoms with Gasteiger partial charge in [0.15, 0.2) is 0 Å². The lowest BCUT2D eigenvalue weighted by atomic mass is 9.92. The Balaban J connectivity index is 1.85. The van der Waals surface area contributed by atoms with Crippen LogP contribution in [0.4, 0.5) is 17.1 Å². The maximum atomic E-state index is 13.1. The van der Waals surface area contributed by atoms with E-state index in [1.165, 1.54) is 31.2 Å². The molecule has 0 aromatic heterocycles. The first-order valence-electron chi connectivity index (χ1n) is 9.96. The van der Waals surface area contributed by atoms with E-state index in [2.05, 4.69) is 10.0 Å². The van der Waals surface area contributed by atoms with Crippen LogP contribution in [0.2, 0.25) is 0 Å². The lowest BCUT2D eigenvalue weighted by Gasteiger charge is -2.23. The minimum Gasteiger partial charge on any atom is -0.395 e. The fraction of sp³-hybridized carbons (Fsp3) is 0.261. The molecule has 3 rings (SSSR count). The van der Waals surface area contributed by atoms with Gasteiger partial charge in [0.1, 0.15) is 0 Å². The zero-order valence-electron chi connectivity index (χ0n) is 18.2. The molecule has 0 spiro atoms. The standard InChI is InChI=1S/C23H27N3O5S/c1-23(14-27,15-28)22(29)24-16-10-12-17(13-11-16)25-32(30,31)21-9-5-6-18-19(21)7-4-8-20(18)26(2)3/h4-13,25,27-28H,14-15H2,1-3H3,(H,24,29). The molecule has 0 bridgehead atoms. The van der Waals surface area contributed by atoms with E-state index >= 15 is 0 Å². The van der Waals surface area contributed by atoms with Gasteiger partial charge < -0.3 is 20.4 Å². The molecule has 8 nitrogen and oxygen atoms in total. The molecule has 0 saturated heterocycles.